The molecule has 1 heteroatoms. The quantitative estimate of drug-likeness (QED) is 0.437. The predicted octanol–water partition coefficient (Wildman–Crippen LogP) is 7.75. The van der Waals surface area contributed by atoms with Gasteiger partial charge in [0.25, 0.3) is 0 Å². The van der Waals surface area contributed by atoms with Crippen LogP contribution in [0, 0.1) is 18.8 Å². The van der Waals surface area contributed by atoms with Gasteiger partial charge in [0.1, 0.15) is 0 Å². The molecule has 1 nitrogen and oxygen atoms in total. The monoisotopic (exact) mass is 403 g/mol. The first kappa shape index (κ1) is 22.8. The van der Waals surface area contributed by atoms with E-state index in [1.54, 1.807) is 0 Å². The molecule has 30 heavy (non-hydrogen) atoms. The Balaban J connectivity index is 1.91. The Bertz CT molecular complexity index is 839. The molecule has 1 saturated carbocycles. The fourth-order valence-corrected chi connectivity index (χ4v) is 4.89. The highest BCUT2D eigenvalue weighted by atomic mass is 14.9. The Kier molecular flexibility index (Phi) is 7.94. The van der Waals surface area contributed by atoms with Crippen molar-refractivity contribution in [2.24, 2.45) is 11.8 Å². The average molecular weight is 404 g/mol. The minimum Gasteiger partial charge on any atom is -0.317 e. The van der Waals surface area contributed by atoms with Crippen LogP contribution in [0.4, 0.5) is 0 Å². The van der Waals surface area contributed by atoms with E-state index < -0.39 is 0 Å². The van der Waals surface area contributed by atoms with Crippen molar-refractivity contribution >= 4 is 5.57 Å². The molecule has 1 aliphatic heterocycles. The van der Waals surface area contributed by atoms with Gasteiger partial charge in [-0.1, -0.05) is 68.0 Å². The SMILES string of the molecule is C=C/C(=C\C=C(/C)C1CC1)C/C(C)=C(/c1cc(C2CCNCC2)ccc1C)C(C)C. The molecule has 2 aliphatic rings. The summed E-state index contributed by atoms with van der Waals surface area (Å²) in [7, 11) is 0. The number of hydrogen-bond acceptors (Lipinski definition) is 1. The van der Waals surface area contributed by atoms with Crippen LogP contribution in [0.5, 0.6) is 0 Å². The van der Waals surface area contributed by atoms with Crippen molar-refractivity contribution in [2.75, 3.05) is 13.1 Å². The predicted molar refractivity (Wildman–Crippen MR) is 133 cm³/mol. The van der Waals surface area contributed by atoms with E-state index in [0.29, 0.717) is 11.8 Å². The maximum absolute atomic E-state index is 4.10. The van der Waals surface area contributed by atoms with E-state index in [0.717, 1.165) is 25.4 Å². The van der Waals surface area contributed by atoms with Gasteiger partial charge in [0.05, 0.1) is 0 Å². The summed E-state index contributed by atoms with van der Waals surface area (Å²) >= 11 is 0. The first-order valence-corrected chi connectivity index (χ1v) is 11.9. The van der Waals surface area contributed by atoms with Crippen molar-refractivity contribution in [3.63, 3.8) is 0 Å². The Hall–Kier alpha value is -1.86. The molecule has 2 fully saturated rings. The lowest BCUT2D eigenvalue weighted by Gasteiger charge is -2.25. The Morgan fingerprint density at radius 3 is 2.40 bits per heavy atom. The third kappa shape index (κ3) is 5.85. The van der Waals surface area contributed by atoms with Gasteiger partial charge in [-0.25, -0.2) is 0 Å². The highest BCUT2D eigenvalue weighted by molar-refractivity contribution is 5.73. The van der Waals surface area contributed by atoms with Crippen molar-refractivity contribution in [2.45, 2.75) is 72.6 Å². The van der Waals surface area contributed by atoms with E-state index >= 15 is 0 Å². The van der Waals surface area contributed by atoms with Gasteiger partial charge < -0.3 is 5.32 Å². The normalized spacial score (nSPS) is 19.8. The van der Waals surface area contributed by atoms with Gasteiger partial charge in [0.2, 0.25) is 0 Å². The fraction of sp³-hybridized carbons (Fsp3) is 0.517. The molecule has 1 aromatic carbocycles. The van der Waals surface area contributed by atoms with Gasteiger partial charge in [0, 0.05) is 0 Å². The lowest BCUT2D eigenvalue weighted by atomic mass is 9.82. The number of hydrogen-bond donors (Lipinski definition) is 1. The highest BCUT2D eigenvalue weighted by Crippen LogP contribution is 2.37. The van der Waals surface area contributed by atoms with Crippen LogP contribution >= 0.6 is 0 Å². The summed E-state index contributed by atoms with van der Waals surface area (Å²) in [4.78, 5) is 0. The molecular weight excluding hydrogens is 362 g/mol. The molecule has 0 amide bonds. The minimum atomic E-state index is 0.502. The van der Waals surface area contributed by atoms with Gasteiger partial charge >= 0.3 is 0 Å². The van der Waals surface area contributed by atoms with Crippen LogP contribution in [-0.2, 0) is 0 Å². The van der Waals surface area contributed by atoms with E-state index in [1.165, 1.54) is 64.7 Å². The molecule has 162 valence electrons. The van der Waals surface area contributed by atoms with E-state index in [9.17, 15) is 0 Å². The van der Waals surface area contributed by atoms with Gasteiger partial charge in [-0.05, 0) is 112 Å². The fourth-order valence-electron chi connectivity index (χ4n) is 4.89. The maximum Gasteiger partial charge on any atom is -0.00431 e. The second kappa shape index (κ2) is 10.4. The first-order valence-electron chi connectivity index (χ1n) is 11.9. The third-order valence-corrected chi connectivity index (χ3v) is 6.91. The van der Waals surface area contributed by atoms with E-state index in [-0.39, 0.29) is 0 Å². The van der Waals surface area contributed by atoms with Crippen LogP contribution in [0.1, 0.15) is 82.4 Å². The van der Waals surface area contributed by atoms with Crippen molar-refractivity contribution in [1.82, 2.24) is 5.32 Å². The van der Waals surface area contributed by atoms with Crippen LogP contribution in [0.2, 0.25) is 0 Å². The molecule has 1 aliphatic carbocycles. The summed E-state index contributed by atoms with van der Waals surface area (Å²) in [6.45, 7) is 17.9. The molecule has 1 N–H and O–H groups in total. The number of piperidine rings is 1. The molecule has 0 spiro atoms. The largest absolute Gasteiger partial charge is 0.317 e. The van der Waals surface area contributed by atoms with Gasteiger partial charge in [-0.2, -0.15) is 0 Å². The van der Waals surface area contributed by atoms with E-state index in [2.05, 4.69) is 76.9 Å². The lowest BCUT2D eigenvalue weighted by Crippen LogP contribution is -2.26. The topological polar surface area (TPSA) is 12.0 Å². The third-order valence-electron chi connectivity index (χ3n) is 6.91. The lowest BCUT2D eigenvalue weighted by molar-refractivity contribution is 0.460. The minimum absolute atomic E-state index is 0.502. The molecule has 3 rings (SSSR count). The summed E-state index contributed by atoms with van der Waals surface area (Å²) < 4.78 is 0. The molecule has 1 aromatic rings. The zero-order valence-corrected chi connectivity index (χ0v) is 19.9. The van der Waals surface area contributed by atoms with Gasteiger partial charge in [0.15, 0.2) is 0 Å². The molecule has 0 atom stereocenters. The molecule has 0 aromatic heterocycles. The molecule has 0 bridgehead atoms. The Labute approximate surface area is 185 Å². The second-order valence-electron chi connectivity index (χ2n) is 9.75. The zero-order valence-electron chi connectivity index (χ0n) is 19.9. The molecular formula is C29H41N. The van der Waals surface area contributed by atoms with Crippen molar-refractivity contribution in [3.8, 4) is 0 Å². The Morgan fingerprint density at radius 1 is 1.10 bits per heavy atom. The van der Waals surface area contributed by atoms with Crippen LogP contribution < -0.4 is 5.32 Å². The van der Waals surface area contributed by atoms with Crippen molar-refractivity contribution < 1.29 is 0 Å². The molecule has 0 unspecified atom stereocenters. The zero-order chi connectivity index (χ0) is 21.7. The Morgan fingerprint density at radius 2 is 1.80 bits per heavy atom. The summed E-state index contributed by atoms with van der Waals surface area (Å²) in [6.07, 6.45) is 12.8. The van der Waals surface area contributed by atoms with Crippen LogP contribution in [-0.4, -0.2) is 13.1 Å². The second-order valence-corrected chi connectivity index (χ2v) is 9.75. The number of rotatable bonds is 8. The molecule has 0 radical (unpaired) electrons. The number of allylic oxidation sites excluding steroid dienone is 7. The standard InChI is InChI=1S/C29H41N/c1-7-24(10-8-21(4)25-12-13-25)18-23(6)29(20(2)3)28-19-27(11-9-22(28)5)26-14-16-30-17-15-26/h7-11,19-20,25-26,30H,1,12-18H2,2-6H3/b21-8+,24-10+,29-23+. The smallest absolute Gasteiger partial charge is 0.00431 e. The summed E-state index contributed by atoms with van der Waals surface area (Å²) in [6, 6.07) is 7.20. The van der Waals surface area contributed by atoms with Crippen molar-refractivity contribution in [1.29, 1.82) is 0 Å². The van der Waals surface area contributed by atoms with Crippen LogP contribution in [0.15, 0.2) is 59.7 Å². The van der Waals surface area contributed by atoms with E-state index in [4.69, 9.17) is 0 Å². The number of benzene rings is 1. The van der Waals surface area contributed by atoms with Crippen molar-refractivity contribution in [3.05, 3.63) is 76.4 Å². The first-order chi connectivity index (χ1) is 14.4. The number of nitrogens with one attached hydrogen (secondary N) is 1. The van der Waals surface area contributed by atoms with E-state index in [1.807, 2.05) is 6.08 Å². The number of aryl methyl sites for hydroxylation is 1. The average Bonchev–Trinajstić information content (AvgIpc) is 3.58. The van der Waals surface area contributed by atoms with Crippen LogP contribution in [0.25, 0.3) is 5.57 Å². The highest BCUT2D eigenvalue weighted by Gasteiger charge is 2.22. The maximum atomic E-state index is 4.10. The molecule has 1 heterocycles. The molecule has 1 saturated heterocycles. The van der Waals surface area contributed by atoms with Gasteiger partial charge in [-0.15, -0.1) is 0 Å². The summed E-state index contributed by atoms with van der Waals surface area (Å²) in [5.74, 6) is 2.02. The van der Waals surface area contributed by atoms with Gasteiger partial charge in [-0.3, -0.25) is 0 Å². The summed E-state index contributed by atoms with van der Waals surface area (Å²) in [5, 5.41) is 3.50. The summed E-state index contributed by atoms with van der Waals surface area (Å²) in [5.41, 5.74) is 10.2. The van der Waals surface area contributed by atoms with Crippen LogP contribution in [0.3, 0.4) is 0 Å².